The summed E-state index contributed by atoms with van der Waals surface area (Å²) in [6.45, 7) is 5.40. The molecule has 2 heteroatoms. The first-order chi connectivity index (χ1) is 6.74. The van der Waals surface area contributed by atoms with Gasteiger partial charge in [0.1, 0.15) is 0 Å². The molecule has 15 heavy (non-hydrogen) atoms. The third kappa shape index (κ3) is 2.19. The second-order valence-corrected chi connectivity index (χ2v) is 4.65. The summed E-state index contributed by atoms with van der Waals surface area (Å²) in [6, 6.07) is 8.79. The molecule has 84 valence electrons. The average molecular weight is 226 g/mol. The number of halogens is 1. The molecule has 2 rings (SSSR count). The molecule has 2 N–H and O–H groups in total. The van der Waals surface area contributed by atoms with Crippen LogP contribution >= 0.6 is 12.4 Å². The zero-order chi connectivity index (χ0) is 10.1. The molecule has 0 bridgehead atoms. The maximum atomic E-state index is 5.81. The first kappa shape index (κ1) is 12.5. The number of hydrogen-bond donors (Lipinski definition) is 1. The first-order valence-electron chi connectivity index (χ1n) is 5.53. The van der Waals surface area contributed by atoms with Crippen LogP contribution in [0.1, 0.15) is 43.2 Å². The van der Waals surface area contributed by atoms with E-state index in [9.17, 15) is 0 Å². The number of hydrogen-bond acceptors (Lipinski definition) is 1. The van der Waals surface area contributed by atoms with Gasteiger partial charge in [-0.3, -0.25) is 0 Å². The molecular formula is C13H20ClN. The molecule has 1 aliphatic rings. The molecular weight excluding hydrogens is 206 g/mol. The van der Waals surface area contributed by atoms with Crippen LogP contribution in [0.2, 0.25) is 0 Å². The van der Waals surface area contributed by atoms with E-state index in [1.807, 2.05) is 0 Å². The zero-order valence-corrected chi connectivity index (χ0v) is 10.3. The van der Waals surface area contributed by atoms with E-state index in [4.69, 9.17) is 5.73 Å². The minimum atomic E-state index is 0. The molecule has 1 aliphatic carbocycles. The molecule has 1 nitrogen and oxygen atoms in total. The lowest BCUT2D eigenvalue weighted by atomic mass is 9.90. The molecule has 2 atom stereocenters. The quantitative estimate of drug-likeness (QED) is 0.822. The summed E-state index contributed by atoms with van der Waals surface area (Å²) >= 11 is 0. The summed E-state index contributed by atoms with van der Waals surface area (Å²) in [5, 5.41) is 0. The van der Waals surface area contributed by atoms with E-state index in [0.717, 1.165) is 18.4 Å². The van der Waals surface area contributed by atoms with Crippen molar-refractivity contribution in [2.45, 2.75) is 32.1 Å². The summed E-state index contributed by atoms with van der Waals surface area (Å²) in [5.74, 6) is 2.05. The molecule has 0 fully saturated rings. The van der Waals surface area contributed by atoms with Gasteiger partial charge in [-0.2, -0.15) is 0 Å². The summed E-state index contributed by atoms with van der Waals surface area (Å²) in [4.78, 5) is 0. The third-order valence-electron chi connectivity index (χ3n) is 3.46. The van der Waals surface area contributed by atoms with Crippen molar-refractivity contribution in [3.8, 4) is 0 Å². The second-order valence-electron chi connectivity index (χ2n) is 4.65. The highest BCUT2D eigenvalue weighted by atomic mass is 35.5. The molecule has 0 heterocycles. The molecule has 0 saturated heterocycles. The highest BCUT2D eigenvalue weighted by Crippen LogP contribution is 2.44. The fraction of sp³-hybridized carbons (Fsp3) is 0.538. The van der Waals surface area contributed by atoms with E-state index >= 15 is 0 Å². The molecule has 0 spiro atoms. The van der Waals surface area contributed by atoms with Crippen LogP contribution in [0, 0.1) is 5.92 Å². The zero-order valence-electron chi connectivity index (χ0n) is 9.44. The van der Waals surface area contributed by atoms with E-state index in [1.165, 1.54) is 17.5 Å². The fourth-order valence-electron chi connectivity index (χ4n) is 2.64. The summed E-state index contributed by atoms with van der Waals surface area (Å²) < 4.78 is 0. The molecule has 1 aromatic rings. The minimum Gasteiger partial charge on any atom is -0.330 e. The summed E-state index contributed by atoms with van der Waals surface area (Å²) in [5.41, 5.74) is 8.84. The lowest BCUT2D eigenvalue weighted by Crippen LogP contribution is -2.10. The Labute approximate surface area is 98.5 Å². The number of rotatable bonds is 2. The van der Waals surface area contributed by atoms with Gasteiger partial charge in [-0.25, -0.2) is 0 Å². The van der Waals surface area contributed by atoms with Gasteiger partial charge in [-0.05, 0) is 41.8 Å². The lowest BCUT2D eigenvalue weighted by molar-refractivity contribution is 0.468. The van der Waals surface area contributed by atoms with Gasteiger partial charge < -0.3 is 5.73 Å². The van der Waals surface area contributed by atoms with Gasteiger partial charge >= 0.3 is 0 Å². The van der Waals surface area contributed by atoms with E-state index in [1.54, 1.807) is 0 Å². The molecule has 0 radical (unpaired) electrons. The van der Waals surface area contributed by atoms with Crippen LogP contribution in [0.25, 0.3) is 0 Å². The Morgan fingerprint density at radius 2 is 1.87 bits per heavy atom. The normalized spacial score (nSPS) is 23.7. The SMILES string of the molecule is CC(C)C1CC(CN)c2ccccc21.Cl. The van der Waals surface area contributed by atoms with Crippen LogP contribution in [-0.2, 0) is 0 Å². The lowest BCUT2D eigenvalue weighted by Gasteiger charge is -2.15. The Bertz CT molecular complexity index is 322. The predicted octanol–water partition coefficient (Wildman–Crippen LogP) is 3.29. The summed E-state index contributed by atoms with van der Waals surface area (Å²) in [6.07, 6.45) is 1.24. The molecule has 2 unspecified atom stereocenters. The van der Waals surface area contributed by atoms with E-state index < -0.39 is 0 Å². The highest BCUT2D eigenvalue weighted by Gasteiger charge is 2.31. The van der Waals surface area contributed by atoms with Crippen molar-refractivity contribution in [3.05, 3.63) is 35.4 Å². The Kier molecular flexibility index (Phi) is 4.18. The van der Waals surface area contributed by atoms with Crippen molar-refractivity contribution < 1.29 is 0 Å². The van der Waals surface area contributed by atoms with E-state index in [-0.39, 0.29) is 12.4 Å². The Morgan fingerprint density at radius 3 is 2.40 bits per heavy atom. The van der Waals surface area contributed by atoms with Crippen molar-refractivity contribution in [1.82, 2.24) is 0 Å². The van der Waals surface area contributed by atoms with Gasteiger partial charge in [0.05, 0.1) is 0 Å². The predicted molar refractivity (Wildman–Crippen MR) is 67.7 cm³/mol. The average Bonchev–Trinajstić information content (AvgIpc) is 2.56. The maximum absolute atomic E-state index is 5.81. The smallest absolute Gasteiger partial charge is 0.000791 e. The highest BCUT2D eigenvalue weighted by molar-refractivity contribution is 5.85. The van der Waals surface area contributed by atoms with Gasteiger partial charge in [0.25, 0.3) is 0 Å². The Balaban J connectivity index is 0.00000112. The van der Waals surface area contributed by atoms with Gasteiger partial charge in [0.15, 0.2) is 0 Å². The topological polar surface area (TPSA) is 26.0 Å². The van der Waals surface area contributed by atoms with Crippen molar-refractivity contribution in [2.75, 3.05) is 6.54 Å². The largest absolute Gasteiger partial charge is 0.330 e. The number of fused-ring (bicyclic) bond motifs is 1. The monoisotopic (exact) mass is 225 g/mol. The Morgan fingerprint density at radius 1 is 1.27 bits per heavy atom. The minimum absolute atomic E-state index is 0. The van der Waals surface area contributed by atoms with Crippen molar-refractivity contribution in [2.24, 2.45) is 11.7 Å². The Hall–Kier alpha value is -0.530. The van der Waals surface area contributed by atoms with Crippen LogP contribution in [0.5, 0.6) is 0 Å². The van der Waals surface area contributed by atoms with Crippen LogP contribution < -0.4 is 5.73 Å². The summed E-state index contributed by atoms with van der Waals surface area (Å²) in [7, 11) is 0. The number of benzene rings is 1. The van der Waals surface area contributed by atoms with Crippen LogP contribution in [0.4, 0.5) is 0 Å². The van der Waals surface area contributed by atoms with E-state index in [2.05, 4.69) is 38.1 Å². The van der Waals surface area contributed by atoms with E-state index in [0.29, 0.717) is 5.92 Å². The van der Waals surface area contributed by atoms with Gasteiger partial charge in [0.2, 0.25) is 0 Å². The van der Waals surface area contributed by atoms with Crippen molar-refractivity contribution in [3.63, 3.8) is 0 Å². The fourth-order valence-corrected chi connectivity index (χ4v) is 2.64. The van der Waals surface area contributed by atoms with Crippen molar-refractivity contribution >= 4 is 12.4 Å². The van der Waals surface area contributed by atoms with Crippen LogP contribution in [-0.4, -0.2) is 6.54 Å². The van der Waals surface area contributed by atoms with Crippen LogP contribution in [0.3, 0.4) is 0 Å². The second kappa shape index (κ2) is 5.00. The molecule has 1 aromatic carbocycles. The number of nitrogens with two attached hydrogens (primary N) is 1. The van der Waals surface area contributed by atoms with Crippen molar-refractivity contribution in [1.29, 1.82) is 0 Å². The first-order valence-corrected chi connectivity index (χ1v) is 5.53. The van der Waals surface area contributed by atoms with Crippen LogP contribution in [0.15, 0.2) is 24.3 Å². The molecule has 0 aromatic heterocycles. The van der Waals surface area contributed by atoms with Gasteiger partial charge in [-0.1, -0.05) is 38.1 Å². The van der Waals surface area contributed by atoms with Gasteiger partial charge in [-0.15, -0.1) is 12.4 Å². The maximum Gasteiger partial charge on any atom is -0.000791 e. The standard InChI is InChI=1S/C13H19N.ClH/c1-9(2)13-7-10(8-14)11-5-3-4-6-12(11)13;/h3-6,9-10,13H,7-8,14H2,1-2H3;1H. The molecule has 0 amide bonds. The molecule has 0 aliphatic heterocycles. The third-order valence-corrected chi connectivity index (χ3v) is 3.46. The molecule has 0 saturated carbocycles. The van der Waals surface area contributed by atoms with Gasteiger partial charge in [0, 0.05) is 0 Å².